The molecule has 0 bridgehead atoms. The van der Waals surface area contributed by atoms with Gasteiger partial charge in [-0.25, -0.2) is 0 Å². The molecule has 1 atom stereocenters. The Labute approximate surface area is 84.7 Å². The minimum absolute atomic E-state index is 0.0497. The highest BCUT2D eigenvalue weighted by Crippen LogP contribution is 2.04. The maximum absolute atomic E-state index is 10.3. The van der Waals surface area contributed by atoms with Gasteiger partial charge >= 0.3 is 5.97 Å². The molecule has 0 aromatic rings. The quantitative estimate of drug-likeness (QED) is 0.605. The van der Waals surface area contributed by atoms with Crippen LogP contribution in [0, 0.1) is 0 Å². The minimum atomic E-state index is -0.795. The van der Waals surface area contributed by atoms with Crippen LogP contribution in [0.3, 0.4) is 0 Å². The van der Waals surface area contributed by atoms with E-state index >= 15 is 0 Å². The van der Waals surface area contributed by atoms with Gasteiger partial charge in [-0.05, 0) is 14.1 Å². The number of carboxylic acid groups (broad SMARTS) is 1. The fraction of sp³-hybridized carbons (Fsp3) is 0.889. The molecule has 5 heteroatoms. The largest absolute Gasteiger partial charge is 0.480 e. The highest BCUT2D eigenvalue weighted by molar-refractivity contribution is 5.68. The molecule has 0 radical (unpaired) electrons. The Morgan fingerprint density at radius 2 is 2.21 bits per heavy atom. The van der Waals surface area contributed by atoms with Crippen LogP contribution in [0.5, 0.6) is 0 Å². The number of aliphatic carboxylic acids is 1. The zero-order chi connectivity index (χ0) is 10.6. The number of nitrogens with zero attached hydrogens (tertiary/aromatic N) is 2. The van der Waals surface area contributed by atoms with Gasteiger partial charge in [0.05, 0.1) is 6.54 Å². The fourth-order valence-electron chi connectivity index (χ4n) is 1.67. The molecular formula is C9H19N3O2. The van der Waals surface area contributed by atoms with Crippen molar-refractivity contribution in [1.82, 2.24) is 15.1 Å². The Morgan fingerprint density at radius 3 is 2.86 bits per heavy atom. The molecule has 1 unspecified atom stereocenters. The van der Waals surface area contributed by atoms with Crippen molar-refractivity contribution in [3.05, 3.63) is 0 Å². The molecule has 0 amide bonds. The van der Waals surface area contributed by atoms with Crippen molar-refractivity contribution >= 4 is 5.97 Å². The van der Waals surface area contributed by atoms with Gasteiger partial charge in [0.1, 0.15) is 0 Å². The zero-order valence-corrected chi connectivity index (χ0v) is 8.86. The van der Waals surface area contributed by atoms with Gasteiger partial charge in [0.25, 0.3) is 0 Å². The van der Waals surface area contributed by atoms with Crippen LogP contribution in [-0.2, 0) is 4.79 Å². The Hall–Kier alpha value is -0.650. The van der Waals surface area contributed by atoms with Gasteiger partial charge in [0, 0.05) is 32.2 Å². The SMILES string of the molecule is CN1CCN(C)C(CNCC(=O)O)C1. The molecule has 1 aliphatic heterocycles. The minimum Gasteiger partial charge on any atom is -0.480 e. The number of nitrogens with one attached hydrogen (secondary N) is 1. The van der Waals surface area contributed by atoms with Crippen molar-refractivity contribution in [2.75, 3.05) is 46.8 Å². The maximum atomic E-state index is 10.3. The molecule has 14 heavy (non-hydrogen) atoms. The summed E-state index contributed by atoms with van der Waals surface area (Å²) in [6.45, 7) is 3.94. The smallest absolute Gasteiger partial charge is 0.317 e. The van der Waals surface area contributed by atoms with Crippen LogP contribution in [0.2, 0.25) is 0 Å². The highest BCUT2D eigenvalue weighted by Gasteiger charge is 2.21. The Morgan fingerprint density at radius 1 is 1.50 bits per heavy atom. The summed E-state index contributed by atoms with van der Waals surface area (Å²) in [4.78, 5) is 14.8. The summed E-state index contributed by atoms with van der Waals surface area (Å²) in [5.74, 6) is -0.795. The van der Waals surface area contributed by atoms with Crippen molar-refractivity contribution < 1.29 is 9.90 Å². The van der Waals surface area contributed by atoms with Crippen molar-refractivity contribution in [3.63, 3.8) is 0 Å². The molecule has 1 saturated heterocycles. The van der Waals surface area contributed by atoms with Crippen molar-refractivity contribution in [2.24, 2.45) is 0 Å². The molecular weight excluding hydrogens is 182 g/mol. The molecule has 82 valence electrons. The number of piperazine rings is 1. The van der Waals surface area contributed by atoms with Crippen LogP contribution in [0.1, 0.15) is 0 Å². The Bertz CT molecular complexity index is 198. The predicted molar refractivity (Wildman–Crippen MR) is 54.4 cm³/mol. The molecule has 1 heterocycles. The first kappa shape index (κ1) is 11.4. The Balaban J connectivity index is 2.24. The normalized spacial score (nSPS) is 25.1. The first-order valence-corrected chi connectivity index (χ1v) is 4.91. The lowest BCUT2D eigenvalue weighted by atomic mass is 10.2. The molecule has 0 saturated carbocycles. The maximum Gasteiger partial charge on any atom is 0.317 e. The summed E-state index contributed by atoms with van der Waals surface area (Å²) in [6.07, 6.45) is 0. The molecule has 0 aromatic heterocycles. The van der Waals surface area contributed by atoms with Gasteiger partial charge in [-0.15, -0.1) is 0 Å². The predicted octanol–water partition coefficient (Wildman–Crippen LogP) is -1.09. The lowest BCUT2D eigenvalue weighted by Crippen LogP contribution is -2.54. The highest BCUT2D eigenvalue weighted by atomic mass is 16.4. The first-order chi connectivity index (χ1) is 6.59. The van der Waals surface area contributed by atoms with E-state index in [0.29, 0.717) is 6.04 Å². The summed E-state index contributed by atoms with van der Waals surface area (Å²) >= 11 is 0. The van der Waals surface area contributed by atoms with Gasteiger partial charge in [0.2, 0.25) is 0 Å². The summed E-state index contributed by atoms with van der Waals surface area (Å²) in [7, 11) is 4.18. The van der Waals surface area contributed by atoms with Crippen LogP contribution >= 0.6 is 0 Å². The molecule has 0 aromatic carbocycles. The standard InChI is InChI=1S/C9H19N3O2/c1-11-3-4-12(2)8(7-11)5-10-6-9(13)14/h8,10H,3-7H2,1-2H3,(H,13,14). The molecule has 1 fully saturated rings. The third-order valence-electron chi connectivity index (χ3n) is 2.64. The van der Waals surface area contributed by atoms with Crippen LogP contribution in [-0.4, -0.2) is 73.7 Å². The third kappa shape index (κ3) is 3.61. The average molecular weight is 201 g/mol. The van der Waals surface area contributed by atoms with E-state index in [-0.39, 0.29) is 6.54 Å². The number of rotatable bonds is 4. The average Bonchev–Trinajstić information content (AvgIpc) is 2.10. The summed E-state index contributed by atoms with van der Waals surface area (Å²) < 4.78 is 0. The summed E-state index contributed by atoms with van der Waals surface area (Å²) in [5, 5.41) is 11.4. The molecule has 5 nitrogen and oxygen atoms in total. The van der Waals surface area contributed by atoms with E-state index in [1.54, 1.807) is 0 Å². The zero-order valence-electron chi connectivity index (χ0n) is 8.86. The second-order valence-electron chi connectivity index (χ2n) is 3.92. The van der Waals surface area contributed by atoms with E-state index in [1.165, 1.54) is 0 Å². The first-order valence-electron chi connectivity index (χ1n) is 4.91. The fourth-order valence-corrected chi connectivity index (χ4v) is 1.67. The van der Waals surface area contributed by atoms with Crippen molar-refractivity contribution in [1.29, 1.82) is 0 Å². The molecule has 0 spiro atoms. The van der Waals surface area contributed by atoms with E-state index in [9.17, 15) is 4.79 Å². The molecule has 0 aliphatic carbocycles. The van der Waals surface area contributed by atoms with Crippen LogP contribution in [0.15, 0.2) is 0 Å². The second-order valence-corrected chi connectivity index (χ2v) is 3.92. The van der Waals surface area contributed by atoms with Crippen LogP contribution < -0.4 is 5.32 Å². The Kier molecular flexibility index (Phi) is 4.31. The van der Waals surface area contributed by atoms with Crippen molar-refractivity contribution in [2.45, 2.75) is 6.04 Å². The van der Waals surface area contributed by atoms with Crippen LogP contribution in [0.4, 0.5) is 0 Å². The van der Waals surface area contributed by atoms with Gasteiger partial charge in [-0.3, -0.25) is 9.69 Å². The lowest BCUT2D eigenvalue weighted by Gasteiger charge is -2.37. The molecule has 2 N–H and O–H groups in total. The topological polar surface area (TPSA) is 55.8 Å². The van der Waals surface area contributed by atoms with E-state index < -0.39 is 5.97 Å². The number of carbonyl (C=O) groups is 1. The number of carboxylic acids is 1. The summed E-state index contributed by atoms with van der Waals surface area (Å²) in [6, 6.07) is 0.424. The van der Waals surface area contributed by atoms with Gasteiger partial charge in [-0.2, -0.15) is 0 Å². The van der Waals surface area contributed by atoms with E-state index in [2.05, 4.69) is 29.2 Å². The third-order valence-corrected chi connectivity index (χ3v) is 2.64. The van der Waals surface area contributed by atoms with Crippen LogP contribution in [0.25, 0.3) is 0 Å². The lowest BCUT2D eigenvalue weighted by molar-refractivity contribution is -0.136. The number of hydrogen-bond acceptors (Lipinski definition) is 4. The summed E-state index contributed by atoms with van der Waals surface area (Å²) in [5.41, 5.74) is 0. The second kappa shape index (κ2) is 5.29. The molecule has 1 aliphatic rings. The van der Waals surface area contributed by atoms with E-state index in [1.807, 2.05) is 0 Å². The number of likely N-dealkylation sites (N-methyl/N-ethyl adjacent to an activating group) is 2. The monoisotopic (exact) mass is 201 g/mol. The van der Waals surface area contributed by atoms with Gasteiger partial charge < -0.3 is 15.3 Å². The van der Waals surface area contributed by atoms with Gasteiger partial charge in [0.15, 0.2) is 0 Å². The van der Waals surface area contributed by atoms with E-state index in [4.69, 9.17) is 5.11 Å². The van der Waals surface area contributed by atoms with E-state index in [0.717, 1.165) is 26.2 Å². The van der Waals surface area contributed by atoms with Crippen molar-refractivity contribution in [3.8, 4) is 0 Å². The molecule has 1 rings (SSSR count). The van der Waals surface area contributed by atoms with Gasteiger partial charge in [-0.1, -0.05) is 0 Å². The number of hydrogen-bond donors (Lipinski definition) is 2.